The second-order valence-electron chi connectivity index (χ2n) is 6.26. The number of para-hydroxylation sites is 1. The lowest BCUT2D eigenvalue weighted by Gasteiger charge is -2.21. The van der Waals surface area contributed by atoms with Crippen LogP contribution in [0.1, 0.15) is 23.2 Å². The van der Waals surface area contributed by atoms with Gasteiger partial charge in [0, 0.05) is 19.3 Å². The fourth-order valence-electron chi connectivity index (χ4n) is 3.15. The average Bonchev–Trinajstić information content (AvgIpc) is 3.15. The highest BCUT2D eigenvalue weighted by Gasteiger charge is 2.30. The number of nitrogens with one attached hydrogen (secondary N) is 1. The molecule has 3 heterocycles. The zero-order valence-corrected chi connectivity index (χ0v) is 14.2. The molecule has 1 N–H and O–H groups in total. The van der Waals surface area contributed by atoms with Crippen LogP contribution in [0.4, 0.5) is 5.69 Å². The zero-order valence-electron chi connectivity index (χ0n) is 14.2. The van der Waals surface area contributed by atoms with Gasteiger partial charge >= 0.3 is 0 Å². The molecule has 0 radical (unpaired) electrons. The lowest BCUT2D eigenvalue weighted by atomic mass is 10.1. The van der Waals surface area contributed by atoms with Gasteiger partial charge in [-0.2, -0.15) is 0 Å². The van der Waals surface area contributed by atoms with E-state index in [-0.39, 0.29) is 24.5 Å². The third-order valence-electron chi connectivity index (χ3n) is 4.46. The molecule has 134 valence electrons. The molecule has 1 aromatic heterocycles. The van der Waals surface area contributed by atoms with E-state index in [0.717, 1.165) is 19.4 Å². The van der Waals surface area contributed by atoms with Crippen LogP contribution in [0.15, 0.2) is 42.6 Å². The van der Waals surface area contributed by atoms with Crippen LogP contribution in [-0.4, -0.2) is 42.6 Å². The summed E-state index contributed by atoms with van der Waals surface area (Å²) < 4.78 is 11.3. The molecule has 2 aromatic rings. The predicted octanol–water partition coefficient (Wildman–Crippen LogP) is 2.13. The number of benzene rings is 1. The SMILES string of the molecule is O=C(CN1C(=O)c2ccccc2Oc2ncccc21)NC[C@H]1CCCO1. The van der Waals surface area contributed by atoms with Crippen LogP contribution < -0.4 is 15.0 Å². The fraction of sp³-hybridized carbons (Fsp3) is 0.316. The molecule has 0 spiro atoms. The number of amides is 2. The van der Waals surface area contributed by atoms with Crippen molar-refractivity contribution in [1.29, 1.82) is 0 Å². The van der Waals surface area contributed by atoms with E-state index in [1.54, 1.807) is 42.6 Å². The second kappa shape index (κ2) is 7.13. The summed E-state index contributed by atoms with van der Waals surface area (Å²) >= 11 is 0. The second-order valence-corrected chi connectivity index (χ2v) is 6.26. The summed E-state index contributed by atoms with van der Waals surface area (Å²) in [4.78, 5) is 31.0. The maximum Gasteiger partial charge on any atom is 0.262 e. The minimum Gasteiger partial charge on any atom is -0.436 e. The first-order chi connectivity index (χ1) is 12.7. The van der Waals surface area contributed by atoms with Crippen LogP contribution >= 0.6 is 0 Å². The summed E-state index contributed by atoms with van der Waals surface area (Å²) in [6, 6.07) is 10.4. The summed E-state index contributed by atoms with van der Waals surface area (Å²) in [5, 5.41) is 2.85. The molecule has 7 nitrogen and oxygen atoms in total. The van der Waals surface area contributed by atoms with Gasteiger partial charge in [0.05, 0.1) is 11.7 Å². The Kier molecular flexibility index (Phi) is 4.53. The van der Waals surface area contributed by atoms with Gasteiger partial charge in [0.2, 0.25) is 11.8 Å². The zero-order chi connectivity index (χ0) is 17.9. The number of nitrogens with zero attached hydrogens (tertiary/aromatic N) is 2. The monoisotopic (exact) mass is 353 g/mol. The van der Waals surface area contributed by atoms with Crippen molar-refractivity contribution >= 4 is 17.5 Å². The Hall–Kier alpha value is -2.93. The Balaban J connectivity index is 1.57. The number of aromatic nitrogens is 1. The standard InChI is InChI=1S/C19H19N3O4/c23-17(21-11-13-5-4-10-25-13)12-22-15-7-3-9-20-18(15)26-16-8-2-1-6-14(16)19(22)24/h1-3,6-9,13H,4-5,10-12H2,(H,21,23)/t13-/m1/s1. The van der Waals surface area contributed by atoms with Gasteiger partial charge in [-0.15, -0.1) is 0 Å². The van der Waals surface area contributed by atoms with Gasteiger partial charge in [-0.3, -0.25) is 14.5 Å². The quantitative estimate of drug-likeness (QED) is 0.911. The molecule has 26 heavy (non-hydrogen) atoms. The van der Waals surface area contributed by atoms with Gasteiger partial charge < -0.3 is 14.8 Å². The van der Waals surface area contributed by atoms with Crippen molar-refractivity contribution in [2.24, 2.45) is 0 Å². The molecule has 1 atom stereocenters. The molecular formula is C19H19N3O4. The molecule has 2 aliphatic heterocycles. The smallest absolute Gasteiger partial charge is 0.262 e. The lowest BCUT2D eigenvalue weighted by molar-refractivity contribution is -0.120. The van der Waals surface area contributed by atoms with Gasteiger partial charge in [-0.1, -0.05) is 12.1 Å². The van der Waals surface area contributed by atoms with E-state index < -0.39 is 0 Å². The third kappa shape index (κ3) is 3.25. The topological polar surface area (TPSA) is 80.8 Å². The number of anilines is 1. The van der Waals surface area contributed by atoms with Gasteiger partial charge in [0.15, 0.2) is 0 Å². The van der Waals surface area contributed by atoms with Crippen LogP contribution in [0, 0.1) is 0 Å². The third-order valence-corrected chi connectivity index (χ3v) is 4.46. The van der Waals surface area contributed by atoms with Crippen molar-refractivity contribution in [3.63, 3.8) is 0 Å². The molecule has 2 aliphatic rings. The largest absolute Gasteiger partial charge is 0.436 e. The molecule has 0 bridgehead atoms. The summed E-state index contributed by atoms with van der Waals surface area (Å²) in [7, 11) is 0. The van der Waals surface area contributed by atoms with E-state index in [0.29, 0.717) is 29.4 Å². The molecular weight excluding hydrogens is 334 g/mol. The normalized spacial score (nSPS) is 18.5. The summed E-state index contributed by atoms with van der Waals surface area (Å²) in [6.07, 6.45) is 3.60. The highest BCUT2D eigenvalue weighted by molar-refractivity contribution is 6.11. The summed E-state index contributed by atoms with van der Waals surface area (Å²) in [5.41, 5.74) is 0.874. The number of fused-ring (bicyclic) bond motifs is 2. The van der Waals surface area contributed by atoms with Crippen molar-refractivity contribution in [2.75, 3.05) is 24.6 Å². The minimum absolute atomic E-state index is 0.0526. The van der Waals surface area contributed by atoms with Crippen LogP contribution in [0.5, 0.6) is 11.6 Å². The number of rotatable bonds is 4. The van der Waals surface area contributed by atoms with E-state index >= 15 is 0 Å². The lowest BCUT2D eigenvalue weighted by Crippen LogP contribution is -2.42. The van der Waals surface area contributed by atoms with Crippen molar-refractivity contribution in [2.45, 2.75) is 18.9 Å². The summed E-state index contributed by atoms with van der Waals surface area (Å²) in [6.45, 7) is 1.08. The van der Waals surface area contributed by atoms with E-state index in [1.165, 1.54) is 4.90 Å². The molecule has 7 heteroatoms. The van der Waals surface area contributed by atoms with Crippen LogP contribution in [-0.2, 0) is 9.53 Å². The number of ether oxygens (including phenoxy) is 2. The van der Waals surface area contributed by atoms with Crippen molar-refractivity contribution < 1.29 is 19.1 Å². The number of hydrogen-bond donors (Lipinski definition) is 1. The van der Waals surface area contributed by atoms with Gasteiger partial charge in [-0.05, 0) is 37.1 Å². The summed E-state index contributed by atoms with van der Waals surface area (Å²) in [5.74, 6) is 0.195. The Labute approximate surface area is 150 Å². The molecule has 0 aliphatic carbocycles. The first kappa shape index (κ1) is 16.5. The number of pyridine rings is 1. The molecule has 1 saturated heterocycles. The average molecular weight is 353 g/mol. The maximum absolute atomic E-state index is 13.0. The molecule has 4 rings (SSSR count). The number of carbonyl (C=O) groups excluding carboxylic acids is 2. The van der Waals surface area contributed by atoms with Crippen LogP contribution in [0.3, 0.4) is 0 Å². The Morgan fingerprint density at radius 3 is 3.00 bits per heavy atom. The van der Waals surface area contributed by atoms with E-state index in [1.807, 2.05) is 0 Å². The Morgan fingerprint density at radius 1 is 1.27 bits per heavy atom. The van der Waals surface area contributed by atoms with Crippen molar-refractivity contribution in [3.8, 4) is 11.6 Å². The number of hydrogen-bond acceptors (Lipinski definition) is 5. The molecule has 1 aromatic carbocycles. The van der Waals surface area contributed by atoms with Gasteiger partial charge in [0.1, 0.15) is 18.0 Å². The highest BCUT2D eigenvalue weighted by atomic mass is 16.5. The van der Waals surface area contributed by atoms with Crippen molar-refractivity contribution in [1.82, 2.24) is 10.3 Å². The molecule has 0 unspecified atom stereocenters. The molecule has 2 amide bonds. The van der Waals surface area contributed by atoms with Crippen LogP contribution in [0.2, 0.25) is 0 Å². The Morgan fingerprint density at radius 2 is 2.15 bits per heavy atom. The van der Waals surface area contributed by atoms with Crippen LogP contribution in [0.25, 0.3) is 0 Å². The fourth-order valence-corrected chi connectivity index (χ4v) is 3.15. The maximum atomic E-state index is 13.0. The van der Waals surface area contributed by atoms with Gasteiger partial charge in [0.25, 0.3) is 5.91 Å². The highest BCUT2D eigenvalue weighted by Crippen LogP contribution is 2.36. The first-order valence-electron chi connectivity index (χ1n) is 8.64. The predicted molar refractivity (Wildman–Crippen MR) is 94.4 cm³/mol. The van der Waals surface area contributed by atoms with Gasteiger partial charge in [-0.25, -0.2) is 4.98 Å². The van der Waals surface area contributed by atoms with E-state index in [4.69, 9.17) is 9.47 Å². The molecule has 0 saturated carbocycles. The minimum atomic E-state index is -0.292. The van der Waals surface area contributed by atoms with E-state index in [2.05, 4.69) is 10.3 Å². The Bertz CT molecular complexity index is 833. The first-order valence-corrected chi connectivity index (χ1v) is 8.64. The molecule has 1 fully saturated rings. The number of carbonyl (C=O) groups is 2. The van der Waals surface area contributed by atoms with E-state index in [9.17, 15) is 9.59 Å². The van der Waals surface area contributed by atoms with Crippen molar-refractivity contribution in [3.05, 3.63) is 48.2 Å².